The second-order valence-electron chi connectivity index (χ2n) is 8.89. The number of hydrogen-bond acceptors (Lipinski definition) is 9. The van der Waals surface area contributed by atoms with Gasteiger partial charge in [0, 0.05) is 70.7 Å². The Morgan fingerprint density at radius 2 is 1.73 bits per heavy atom. The van der Waals surface area contributed by atoms with Gasteiger partial charge in [0.05, 0.1) is 6.61 Å². The molecule has 4 N–H and O–H groups in total. The van der Waals surface area contributed by atoms with E-state index in [4.69, 9.17) is 20.9 Å². The summed E-state index contributed by atoms with van der Waals surface area (Å²) >= 11 is 0. The van der Waals surface area contributed by atoms with Gasteiger partial charge in [-0.25, -0.2) is 4.99 Å². The molecule has 2 aromatic carbocycles. The van der Waals surface area contributed by atoms with Crippen molar-refractivity contribution >= 4 is 29.1 Å². The van der Waals surface area contributed by atoms with Crippen LogP contribution in [0.15, 0.2) is 65.7 Å². The van der Waals surface area contributed by atoms with E-state index in [0.29, 0.717) is 24.9 Å². The number of nitrogens with zero attached hydrogens (tertiary/aromatic N) is 6. The summed E-state index contributed by atoms with van der Waals surface area (Å²) in [6.45, 7) is 6.82. The van der Waals surface area contributed by atoms with Gasteiger partial charge in [-0.15, -0.1) is 0 Å². The second kappa shape index (κ2) is 12.9. The predicted molar refractivity (Wildman–Crippen MR) is 149 cm³/mol. The van der Waals surface area contributed by atoms with Crippen LogP contribution < -0.4 is 26.0 Å². The van der Waals surface area contributed by atoms with Crippen LogP contribution >= 0.6 is 0 Å². The van der Waals surface area contributed by atoms with Gasteiger partial charge in [-0.05, 0) is 24.3 Å². The van der Waals surface area contributed by atoms with E-state index in [0.717, 1.165) is 56.4 Å². The molecule has 0 aliphatic carbocycles. The first kappa shape index (κ1) is 26.2. The van der Waals surface area contributed by atoms with Gasteiger partial charge in [0.1, 0.15) is 24.0 Å². The number of nitrogens with two attached hydrogens (primary N) is 2. The first-order valence-corrected chi connectivity index (χ1v) is 12.5. The van der Waals surface area contributed by atoms with Crippen LogP contribution in [-0.4, -0.2) is 87.3 Å². The first-order chi connectivity index (χ1) is 18.0. The molecule has 0 unspecified atom stereocenters. The largest absolute Gasteiger partial charge is 0.491 e. The Morgan fingerprint density at radius 1 is 1.00 bits per heavy atom. The van der Waals surface area contributed by atoms with E-state index >= 15 is 0 Å². The average Bonchev–Trinajstić information content (AvgIpc) is 2.93. The Bertz CT molecular complexity index is 1150. The number of aliphatic imine (C=N–C) groups is 1. The molecule has 0 spiro atoms. The highest BCUT2D eigenvalue weighted by molar-refractivity contribution is 5.98. The Balaban J connectivity index is 1.27. The monoisotopic (exact) mass is 504 g/mol. The van der Waals surface area contributed by atoms with E-state index in [1.54, 1.807) is 7.11 Å². The molecular weight excluding hydrogens is 468 g/mol. The zero-order valence-corrected chi connectivity index (χ0v) is 21.6. The average molecular weight is 505 g/mol. The van der Waals surface area contributed by atoms with Gasteiger partial charge >= 0.3 is 0 Å². The van der Waals surface area contributed by atoms with Crippen molar-refractivity contribution in [1.82, 2.24) is 14.9 Å². The van der Waals surface area contributed by atoms with E-state index in [1.807, 2.05) is 55.6 Å². The number of nitrogen functional groups attached to an aromatic ring is 1. The molecule has 1 saturated heterocycles. The number of likely N-dealkylation sites (N-methyl/N-ethyl adjacent to an activating group) is 1. The molecule has 10 nitrogen and oxygen atoms in total. The van der Waals surface area contributed by atoms with Crippen LogP contribution in [0.3, 0.4) is 0 Å². The van der Waals surface area contributed by atoms with Gasteiger partial charge in [0.15, 0.2) is 5.82 Å². The molecule has 1 aliphatic heterocycles. The highest BCUT2D eigenvalue weighted by atomic mass is 16.5. The SMILES string of the molecule is COCCOc1ccc(N2CCN(CCN(C)c3cc(/N=C(\N)c4ccccc4)nc(N)n3)CC2)cc1. The molecule has 3 aromatic rings. The van der Waals surface area contributed by atoms with Crippen molar-refractivity contribution in [1.29, 1.82) is 0 Å². The van der Waals surface area contributed by atoms with Gasteiger partial charge in [0.25, 0.3) is 0 Å². The van der Waals surface area contributed by atoms with Gasteiger partial charge in [-0.3, -0.25) is 4.90 Å². The molecule has 1 fully saturated rings. The highest BCUT2D eigenvalue weighted by Gasteiger charge is 2.18. The Hall–Kier alpha value is -3.89. The fourth-order valence-electron chi connectivity index (χ4n) is 4.12. The Morgan fingerprint density at radius 3 is 2.43 bits per heavy atom. The lowest BCUT2D eigenvalue weighted by Crippen LogP contribution is -2.48. The zero-order valence-electron chi connectivity index (χ0n) is 21.6. The number of methoxy groups -OCH3 is 1. The fraction of sp³-hybridized carbons (Fsp3) is 0.370. The summed E-state index contributed by atoms with van der Waals surface area (Å²) in [6.07, 6.45) is 0. The van der Waals surface area contributed by atoms with Crippen LogP contribution in [0, 0.1) is 0 Å². The minimum atomic E-state index is 0.174. The topological polar surface area (TPSA) is 118 Å². The Labute approximate surface area is 218 Å². The molecule has 1 aromatic heterocycles. The van der Waals surface area contributed by atoms with Crippen molar-refractivity contribution < 1.29 is 9.47 Å². The summed E-state index contributed by atoms with van der Waals surface area (Å²) in [6, 6.07) is 19.7. The standard InChI is InChI=1S/C27H36N8O2/c1-33(25-20-24(31-27(29)32-25)30-26(28)21-6-4-3-5-7-21)12-13-34-14-16-35(17-15-34)22-8-10-23(11-9-22)37-19-18-36-2/h3-11,20H,12-19H2,1-2H3,(H4,28,29,30,31,32). The molecule has 1 aliphatic rings. The molecule has 0 bridgehead atoms. The molecule has 0 atom stereocenters. The van der Waals surface area contributed by atoms with Crippen molar-refractivity contribution in [2.45, 2.75) is 0 Å². The van der Waals surface area contributed by atoms with Gasteiger partial charge in [-0.2, -0.15) is 9.97 Å². The summed E-state index contributed by atoms with van der Waals surface area (Å²) < 4.78 is 10.7. The summed E-state index contributed by atoms with van der Waals surface area (Å²) in [5.41, 5.74) is 14.2. The quantitative estimate of drug-likeness (QED) is 0.230. The number of aromatic nitrogens is 2. The lowest BCUT2D eigenvalue weighted by atomic mass is 10.2. The van der Waals surface area contributed by atoms with Gasteiger partial charge in [-0.1, -0.05) is 30.3 Å². The Kier molecular flexibility index (Phi) is 9.12. The van der Waals surface area contributed by atoms with Crippen molar-refractivity contribution in [3.8, 4) is 5.75 Å². The third-order valence-corrected chi connectivity index (χ3v) is 6.29. The number of piperazine rings is 1. The van der Waals surface area contributed by atoms with E-state index < -0.39 is 0 Å². The summed E-state index contributed by atoms with van der Waals surface area (Å²) in [4.78, 5) is 20.0. The predicted octanol–water partition coefficient (Wildman–Crippen LogP) is 2.38. The summed E-state index contributed by atoms with van der Waals surface area (Å²) in [7, 11) is 3.67. The third-order valence-electron chi connectivity index (χ3n) is 6.29. The molecular formula is C27H36N8O2. The zero-order chi connectivity index (χ0) is 26.0. The lowest BCUT2D eigenvalue weighted by Gasteiger charge is -2.36. The van der Waals surface area contributed by atoms with Gasteiger partial charge in [0.2, 0.25) is 5.95 Å². The third kappa shape index (κ3) is 7.55. The molecule has 0 radical (unpaired) electrons. The maximum atomic E-state index is 6.16. The smallest absolute Gasteiger partial charge is 0.224 e. The summed E-state index contributed by atoms with van der Waals surface area (Å²) in [5.74, 6) is 2.59. The van der Waals surface area contributed by atoms with Crippen LogP contribution in [0.2, 0.25) is 0 Å². The van der Waals surface area contributed by atoms with Crippen LogP contribution in [-0.2, 0) is 4.74 Å². The maximum absolute atomic E-state index is 6.16. The molecule has 4 rings (SSSR count). The van der Waals surface area contributed by atoms with Crippen molar-refractivity contribution in [2.24, 2.45) is 10.7 Å². The highest BCUT2D eigenvalue weighted by Crippen LogP contribution is 2.22. The van der Waals surface area contributed by atoms with E-state index in [9.17, 15) is 0 Å². The normalized spacial score (nSPS) is 14.5. The lowest BCUT2D eigenvalue weighted by molar-refractivity contribution is 0.146. The number of rotatable bonds is 11. The van der Waals surface area contributed by atoms with Gasteiger partial charge < -0.3 is 30.7 Å². The fourth-order valence-corrected chi connectivity index (χ4v) is 4.12. The number of hydrogen-bond donors (Lipinski definition) is 2. The number of benzene rings is 2. The number of anilines is 3. The first-order valence-electron chi connectivity index (χ1n) is 12.5. The van der Waals surface area contributed by atoms with Crippen LogP contribution in [0.25, 0.3) is 0 Å². The summed E-state index contributed by atoms with van der Waals surface area (Å²) in [5, 5.41) is 0. The van der Waals surface area contributed by atoms with Crippen LogP contribution in [0.4, 0.5) is 23.3 Å². The van der Waals surface area contributed by atoms with E-state index in [1.165, 1.54) is 5.69 Å². The molecule has 37 heavy (non-hydrogen) atoms. The second-order valence-corrected chi connectivity index (χ2v) is 8.89. The molecule has 196 valence electrons. The molecule has 2 heterocycles. The number of ether oxygens (including phenoxy) is 2. The number of amidine groups is 1. The molecule has 0 saturated carbocycles. The van der Waals surface area contributed by atoms with Crippen LogP contribution in [0.5, 0.6) is 5.75 Å². The molecule has 10 heteroatoms. The van der Waals surface area contributed by atoms with Crippen LogP contribution in [0.1, 0.15) is 5.56 Å². The molecule has 0 amide bonds. The van der Waals surface area contributed by atoms with Crippen molar-refractivity contribution in [2.75, 3.05) is 82.2 Å². The minimum absolute atomic E-state index is 0.174. The van der Waals surface area contributed by atoms with E-state index in [-0.39, 0.29) is 5.95 Å². The minimum Gasteiger partial charge on any atom is -0.491 e. The maximum Gasteiger partial charge on any atom is 0.224 e. The van der Waals surface area contributed by atoms with E-state index in [2.05, 4.69) is 41.8 Å². The van der Waals surface area contributed by atoms with Crippen molar-refractivity contribution in [3.63, 3.8) is 0 Å². The van der Waals surface area contributed by atoms with Crippen molar-refractivity contribution in [3.05, 3.63) is 66.2 Å².